The third-order valence-corrected chi connectivity index (χ3v) is 6.60. The summed E-state index contributed by atoms with van der Waals surface area (Å²) in [6.45, 7) is 8.92. The Hall–Kier alpha value is -0.200. The van der Waals surface area contributed by atoms with Gasteiger partial charge in [-0.25, -0.2) is 4.57 Å². The van der Waals surface area contributed by atoms with E-state index in [1.807, 2.05) is 6.92 Å². The molecule has 138 valence electrons. The van der Waals surface area contributed by atoms with Crippen molar-refractivity contribution in [1.29, 1.82) is 0 Å². The fourth-order valence-corrected chi connectivity index (χ4v) is 5.04. The summed E-state index contributed by atoms with van der Waals surface area (Å²) in [6, 6.07) is 0. The van der Waals surface area contributed by atoms with Gasteiger partial charge in [-0.3, -0.25) is 13.6 Å². The fourth-order valence-electron chi connectivity index (χ4n) is 1.90. The summed E-state index contributed by atoms with van der Waals surface area (Å²) in [5, 5.41) is 2.95. The highest BCUT2D eigenvalue weighted by Crippen LogP contribution is 2.56. The lowest BCUT2D eigenvalue weighted by Gasteiger charge is -2.31. The molecule has 3 atom stereocenters. The summed E-state index contributed by atoms with van der Waals surface area (Å²) in [5.41, 5.74) is -0.778. The fraction of sp³-hybridized carbons (Fsp3) is 0.846. The summed E-state index contributed by atoms with van der Waals surface area (Å²) in [6.07, 6.45) is 2.55. The van der Waals surface area contributed by atoms with Gasteiger partial charge in [0.15, 0.2) is 0 Å². The quantitative estimate of drug-likeness (QED) is 0.474. The van der Waals surface area contributed by atoms with Gasteiger partial charge in [0.05, 0.1) is 25.9 Å². The molecule has 3 unspecified atom stereocenters. The molecule has 0 fully saturated rings. The van der Waals surface area contributed by atoms with Crippen LogP contribution in [0.1, 0.15) is 34.6 Å². The Labute approximate surface area is 138 Å². The molecule has 0 aromatic rings. The highest BCUT2D eigenvalue weighted by atomic mass is 31.2. The Bertz CT molecular complexity index is 434. The molecule has 0 aliphatic heterocycles. The predicted octanol–water partition coefficient (Wildman–Crippen LogP) is 3.29. The van der Waals surface area contributed by atoms with Gasteiger partial charge < -0.3 is 19.3 Å². The molecule has 0 amide bonds. The maximum Gasteiger partial charge on any atom is 0.472 e. The minimum atomic E-state index is -4.23. The molecule has 0 saturated carbocycles. The van der Waals surface area contributed by atoms with Crippen molar-refractivity contribution in [2.45, 2.75) is 46.4 Å². The molecule has 0 rings (SSSR count). The van der Waals surface area contributed by atoms with E-state index >= 15 is 0 Å². The number of nitrogens with one attached hydrogen (secondary N) is 1. The molecule has 0 radical (unpaired) electrons. The van der Waals surface area contributed by atoms with Gasteiger partial charge in [-0.15, -0.1) is 0 Å². The summed E-state index contributed by atoms with van der Waals surface area (Å²) in [7, 11) is -7.77. The Morgan fingerprint density at radius 1 is 1.09 bits per heavy atom. The van der Waals surface area contributed by atoms with Crippen molar-refractivity contribution < 1.29 is 32.1 Å². The number of allylic oxidation sites excluding steroid dienone is 1. The molecular formula is C13H29NO7P2. The Morgan fingerprint density at radius 2 is 1.61 bits per heavy atom. The molecule has 2 N–H and O–H groups in total. The normalized spacial score (nSPS) is 17.8. The lowest BCUT2D eigenvalue weighted by atomic mass is 10.3. The van der Waals surface area contributed by atoms with E-state index < -0.39 is 27.2 Å². The van der Waals surface area contributed by atoms with Gasteiger partial charge in [0.2, 0.25) is 0 Å². The van der Waals surface area contributed by atoms with Crippen molar-refractivity contribution in [3.8, 4) is 0 Å². The number of rotatable bonds is 13. The summed E-state index contributed by atoms with van der Waals surface area (Å²) >= 11 is 0. The average molecular weight is 373 g/mol. The second kappa shape index (κ2) is 11.4. The lowest BCUT2D eigenvalue weighted by Crippen LogP contribution is -2.35. The monoisotopic (exact) mass is 373 g/mol. The van der Waals surface area contributed by atoms with Crippen LogP contribution in [0.5, 0.6) is 0 Å². The van der Waals surface area contributed by atoms with Gasteiger partial charge in [-0.2, -0.15) is 0 Å². The van der Waals surface area contributed by atoms with E-state index in [2.05, 4.69) is 5.32 Å². The zero-order chi connectivity index (χ0) is 17.9. The molecule has 0 aliphatic carbocycles. The van der Waals surface area contributed by atoms with Crippen LogP contribution in [-0.2, 0) is 27.2 Å². The first-order valence-electron chi connectivity index (χ1n) is 7.65. The van der Waals surface area contributed by atoms with Crippen LogP contribution in [0.3, 0.4) is 0 Å². The minimum Gasteiger partial charge on any atom is -0.390 e. The van der Waals surface area contributed by atoms with E-state index in [-0.39, 0.29) is 26.4 Å². The van der Waals surface area contributed by atoms with Crippen molar-refractivity contribution in [3.05, 3.63) is 12.3 Å². The molecule has 23 heavy (non-hydrogen) atoms. The van der Waals surface area contributed by atoms with E-state index in [0.29, 0.717) is 0 Å². The molecule has 10 heteroatoms. The van der Waals surface area contributed by atoms with E-state index in [0.717, 1.165) is 0 Å². The van der Waals surface area contributed by atoms with Crippen molar-refractivity contribution in [2.24, 2.45) is 0 Å². The second-order valence-electron chi connectivity index (χ2n) is 4.55. The maximum atomic E-state index is 13.0. The van der Waals surface area contributed by atoms with Crippen LogP contribution in [0.2, 0.25) is 0 Å². The van der Waals surface area contributed by atoms with E-state index in [4.69, 9.17) is 18.1 Å². The Kier molecular flexibility index (Phi) is 11.3. The van der Waals surface area contributed by atoms with Crippen LogP contribution in [0.25, 0.3) is 0 Å². The van der Waals surface area contributed by atoms with E-state index in [1.54, 1.807) is 33.0 Å². The number of hydrogen-bond donors (Lipinski definition) is 2. The van der Waals surface area contributed by atoms with Crippen LogP contribution in [-0.4, -0.2) is 43.0 Å². The first kappa shape index (κ1) is 22.8. The van der Waals surface area contributed by atoms with Crippen molar-refractivity contribution in [3.63, 3.8) is 0 Å². The van der Waals surface area contributed by atoms with Gasteiger partial charge in [0.1, 0.15) is 5.66 Å². The van der Waals surface area contributed by atoms with E-state index in [1.165, 1.54) is 6.92 Å². The molecule has 0 spiro atoms. The van der Waals surface area contributed by atoms with Crippen molar-refractivity contribution in [2.75, 3.05) is 26.4 Å². The molecule has 0 saturated heterocycles. The van der Waals surface area contributed by atoms with Gasteiger partial charge in [-0.05, 0) is 40.8 Å². The predicted molar refractivity (Wildman–Crippen MR) is 89.5 cm³/mol. The zero-order valence-corrected chi connectivity index (χ0v) is 16.2. The molecule has 8 nitrogen and oxygen atoms in total. The van der Waals surface area contributed by atoms with Gasteiger partial charge in [0.25, 0.3) is 0 Å². The minimum absolute atomic E-state index is 0.0244. The molecule has 0 heterocycles. The topological polar surface area (TPSA) is 103 Å². The van der Waals surface area contributed by atoms with Gasteiger partial charge in [-0.1, -0.05) is 6.08 Å². The Morgan fingerprint density at radius 3 is 2.04 bits per heavy atom. The van der Waals surface area contributed by atoms with Crippen molar-refractivity contribution >= 4 is 15.4 Å². The third kappa shape index (κ3) is 8.45. The van der Waals surface area contributed by atoms with Crippen LogP contribution in [0, 0.1) is 0 Å². The van der Waals surface area contributed by atoms with Crippen LogP contribution in [0.15, 0.2) is 12.3 Å². The van der Waals surface area contributed by atoms with Gasteiger partial charge in [0, 0.05) is 6.54 Å². The number of phosphoric acid groups is 1. The van der Waals surface area contributed by atoms with Crippen LogP contribution >= 0.6 is 15.4 Å². The number of hydrogen-bond acceptors (Lipinski definition) is 7. The van der Waals surface area contributed by atoms with Crippen LogP contribution < -0.4 is 5.32 Å². The van der Waals surface area contributed by atoms with E-state index in [9.17, 15) is 14.0 Å². The van der Waals surface area contributed by atoms with Crippen molar-refractivity contribution in [1.82, 2.24) is 5.32 Å². The average Bonchev–Trinajstić information content (AvgIpc) is 2.43. The Balaban J connectivity index is 5.31. The summed E-state index contributed by atoms with van der Waals surface area (Å²) in [5.74, 6) is 0. The molecule has 0 aromatic carbocycles. The standard InChI is InChI=1S/C13H29NO7P2/c1-6-10-14-11-13(22(15,18-7-2)19-8-3)12(5)21-23(16,17)20-9-4/h6,10,12-14H,7-9,11H2,1-5H3,(H,16,17)/b10-6+. The molecule has 0 aliphatic rings. The second-order valence-corrected chi connectivity index (χ2v) is 8.21. The smallest absolute Gasteiger partial charge is 0.390 e. The molecule has 0 bridgehead atoms. The van der Waals surface area contributed by atoms with Crippen LogP contribution in [0.4, 0.5) is 0 Å². The summed E-state index contributed by atoms with van der Waals surface area (Å²) in [4.78, 5) is 9.64. The maximum absolute atomic E-state index is 13.0. The SMILES string of the molecule is C/C=C/NCC(C(C)OP(=O)(O)OCC)P(=O)(OCC)OCC. The first-order chi connectivity index (χ1) is 10.8. The third-order valence-electron chi connectivity index (χ3n) is 2.77. The van der Waals surface area contributed by atoms with Gasteiger partial charge >= 0.3 is 15.4 Å². The zero-order valence-electron chi connectivity index (χ0n) is 14.4. The molecular weight excluding hydrogens is 344 g/mol. The summed E-state index contributed by atoms with van der Waals surface area (Å²) < 4.78 is 45.3. The highest BCUT2D eigenvalue weighted by molar-refractivity contribution is 7.54. The largest absolute Gasteiger partial charge is 0.472 e. The highest BCUT2D eigenvalue weighted by Gasteiger charge is 2.42. The number of phosphoric ester groups is 1. The molecule has 0 aromatic heterocycles. The first-order valence-corrected chi connectivity index (χ1v) is 10.8. The lowest BCUT2D eigenvalue weighted by molar-refractivity contribution is 0.104.